The van der Waals surface area contributed by atoms with Gasteiger partial charge in [-0.15, -0.1) is 0 Å². The van der Waals surface area contributed by atoms with Crippen LogP contribution in [0, 0.1) is 5.92 Å². The van der Waals surface area contributed by atoms with Crippen molar-refractivity contribution in [1.82, 2.24) is 4.90 Å². The van der Waals surface area contributed by atoms with Crippen LogP contribution in [0.1, 0.15) is 6.42 Å². The number of Topliss-reactive ketones (excluding diaryl/α,β-unsaturated/α-hetero) is 1. The predicted octanol–water partition coefficient (Wildman–Crippen LogP) is -0.469. The Balaban J connectivity index is 2.22. The summed E-state index contributed by atoms with van der Waals surface area (Å²) in [5.74, 6) is 0.242. The van der Waals surface area contributed by atoms with Crippen LogP contribution >= 0.6 is 0 Å². The summed E-state index contributed by atoms with van der Waals surface area (Å²) in [6.45, 7) is 2.35. The third-order valence-electron chi connectivity index (χ3n) is 2.69. The molecule has 94 valence electrons. The molecule has 1 saturated heterocycles. The second kappa shape index (κ2) is 6.96. The van der Waals surface area contributed by atoms with Gasteiger partial charge in [0.25, 0.3) is 0 Å². The van der Waals surface area contributed by atoms with E-state index >= 15 is 0 Å². The molecule has 1 rings (SSSR count). The van der Waals surface area contributed by atoms with Crippen LogP contribution < -0.4 is 0 Å². The van der Waals surface area contributed by atoms with Gasteiger partial charge in [-0.2, -0.15) is 0 Å². The quantitative estimate of drug-likeness (QED) is 0.642. The fourth-order valence-corrected chi connectivity index (χ4v) is 1.85. The number of carbonyl (C=O) groups is 1. The van der Waals surface area contributed by atoms with Crippen molar-refractivity contribution < 1.29 is 19.4 Å². The molecular formula is C11H21NO4. The zero-order chi connectivity index (χ0) is 12.0. The van der Waals surface area contributed by atoms with Crippen LogP contribution in [0.4, 0.5) is 0 Å². The van der Waals surface area contributed by atoms with E-state index < -0.39 is 6.10 Å². The zero-order valence-corrected chi connectivity index (χ0v) is 10.0. The lowest BCUT2D eigenvalue weighted by molar-refractivity contribution is -0.124. The highest BCUT2D eigenvalue weighted by molar-refractivity contribution is 5.83. The van der Waals surface area contributed by atoms with Gasteiger partial charge in [-0.05, 0) is 13.5 Å². The molecule has 1 fully saturated rings. The van der Waals surface area contributed by atoms with Crippen LogP contribution in [0.25, 0.3) is 0 Å². The third kappa shape index (κ3) is 4.57. The molecule has 0 aromatic heterocycles. The first-order chi connectivity index (χ1) is 7.63. The maximum Gasteiger partial charge on any atom is 0.152 e. The smallest absolute Gasteiger partial charge is 0.152 e. The van der Waals surface area contributed by atoms with E-state index in [2.05, 4.69) is 0 Å². The lowest BCUT2D eigenvalue weighted by Gasteiger charge is -2.20. The van der Waals surface area contributed by atoms with Gasteiger partial charge in [0.2, 0.25) is 0 Å². The molecule has 1 N–H and O–H groups in total. The summed E-state index contributed by atoms with van der Waals surface area (Å²) in [5, 5.41) is 9.50. The van der Waals surface area contributed by atoms with Gasteiger partial charge in [0, 0.05) is 26.2 Å². The highest BCUT2D eigenvalue weighted by Gasteiger charge is 2.24. The van der Waals surface area contributed by atoms with Crippen molar-refractivity contribution in [2.24, 2.45) is 5.92 Å². The average Bonchev–Trinajstić information content (AvgIpc) is 2.69. The Kier molecular flexibility index (Phi) is 5.90. The van der Waals surface area contributed by atoms with Crippen LogP contribution in [-0.4, -0.2) is 69.0 Å². The minimum absolute atomic E-state index is 0.0435. The molecule has 0 radical (unpaired) electrons. The Hall–Kier alpha value is -0.490. The van der Waals surface area contributed by atoms with Crippen molar-refractivity contribution >= 4 is 5.78 Å². The van der Waals surface area contributed by atoms with Crippen LogP contribution in [0.15, 0.2) is 0 Å². The Morgan fingerprint density at radius 3 is 3.00 bits per heavy atom. The summed E-state index contributed by atoms with van der Waals surface area (Å²) in [6.07, 6.45) is 0.287. The first-order valence-corrected chi connectivity index (χ1v) is 5.59. The minimum atomic E-state index is -0.539. The van der Waals surface area contributed by atoms with Gasteiger partial charge in [0.05, 0.1) is 25.9 Å². The van der Waals surface area contributed by atoms with E-state index in [4.69, 9.17) is 9.47 Å². The van der Waals surface area contributed by atoms with Gasteiger partial charge in [-0.25, -0.2) is 0 Å². The molecule has 2 atom stereocenters. The fourth-order valence-electron chi connectivity index (χ4n) is 1.85. The van der Waals surface area contributed by atoms with E-state index in [-0.39, 0.29) is 11.7 Å². The van der Waals surface area contributed by atoms with Gasteiger partial charge < -0.3 is 14.6 Å². The second-order valence-electron chi connectivity index (χ2n) is 4.33. The Morgan fingerprint density at radius 1 is 1.69 bits per heavy atom. The van der Waals surface area contributed by atoms with E-state index in [0.717, 1.165) is 6.42 Å². The molecule has 0 aromatic rings. The number of likely N-dealkylation sites (N-methyl/N-ethyl adjacent to an activating group) is 1. The number of ether oxygens (including phenoxy) is 2. The summed E-state index contributed by atoms with van der Waals surface area (Å²) in [5.41, 5.74) is 0. The topological polar surface area (TPSA) is 59.0 Å². The van der Waals surface area contributed by atoms with Gasteiger partial charge in [-0.1, -0.05) is 0 Å². The lowest BCUT2D eigenvalue weighted by Crippen LogP contribution is -2.37. The van der Waals surface area contributed by atoms with Crippen LogP contribution in [-0.2, 0) is 14.3 Å². The van der Waals surface area contributed by atoms with Crippen LogP contribution in [0.2, 0.25) is 0 Å². The molecule has 1 aliphatic heterocycles. The summed E-state index contributed by atoms with van der Waals surface area (Å²) in [6, 6.07) is 0. The molecule has 0 aliphatic carbocycles. The van der Waals surface area contributed by atoms with E-state index in [9.17, 15) is 9.90 Å². The zero-order valence-electron chi connectivity index (χ0n) is 10.0. The van der Waals surface area contributed by atoms with Crippen molar-refractivity contribution in [1.29, 1.82) is 0 Å². The highest BCUT2D eigenvalue weighted by Crippen LogP contribution is 2.13. The molecule has 0 aromatic carbocycles. The SMILES string of the molecule is COCC(O)CN(C)CC(=O)C1CCOC1. The maximum absolute atomic E-state index is 11.8. The number of aliphatic hydroxyl groups excluding tert-OH is 1. The molecule has 0 spiro atoms. The van der Waals surface area contributed by atoms with Crippen molar-refractivity contribution in [2.75, 3.05) is 47.1 Å². The maximum atomic E-state index is 11.8. The van der Waals surface area contributed by atoms with Crippen LogP contribution in [0.3, 0.4) is 0 Å². The molecule has 1 heterocycles. The van der Waals surface area contributed by atoms with E-state index in [0.29, 0.717) is 32.9 Å². The molecule has 0 amide bonds. The predicted molar refractivity (Wildman–Crippen MR) is 59.3 cm³/mol. The molecule has 1 aliphatic rings. The lowest BCUT2D eigenvalue weighted by atomic mass is 10.0. The molecule has 5 heteroatoms. The van der Waals surface area contributed by atoms with Gasteiger partial charge in [-0.3, -0.25) is 9.69 Å². The number of aliphatic hydroxyl groups is 1. The number of carbonyl (C=O) groups excluding carboxylic acids is 1. The third-order valence-corrected chi connectivity index (χ3v) is 2.69. The Bertz CT molecular complexity index is 216. The van der Waals surface area contributed by atoms with Crippen molar-refractivity contribution in [3.8, 4) is 0 Å². The molecule has 5 nitrogen and oxygen atoms in total. The number of methoxy groups -OCH3 is 1. The summed E-state index contributed by atoms with van der Waals surface area (Å²) < 4.78 is 10.00. The number of ketones is 1. The van der Waals surface area contributed by atoms with E-state index in [1.54, 1.807) is 7.11 Å². The summed E-state index contributed by atoms with van der Waals surface area (Å²) in [7, 11) is 3.37. The number of hydrogen-bond donors (Lipinski definition) is 1. The average molecular weight is 231 g/mol. The number of nitrogens with zero attached hydrogens (tertiary/aromatic N) is 1. The standard InChI is InChI=1S/C11H21NO4/c1-12(5-10(13)8-15-2)6-11(14)9-3-4-16-7-9/h9-10,13H,3-8H2,1-2H3. The van der Waals surface area contributed by atoms with Crippen molar-refractivity contribution in [2.45, 2.75) is 12.5 Å². The number of hydrogen-bond acceptors (Lipinski definition) is 5. The summed E-state index contributed by atoms with van der Waals surface area (Å²) >= 11 is 0. The molecule has 0 bridgehead atoms. The number of rotatable bonds is 7. The van der Waals surface area contributed by atoms with Crippen molar-refractivity contribution in [3.05, 3.63) is 0 Å². The molecular weight excluding hydrogens is 210 g/mol. The molecule has 2 unspecified atom stereocenters. The Labute approximate surface area is 96.3 Å². The Morgan fingerprint density at radius 2 is 2.44 bits per heavy atom. The fraction of sp³-hybridized carbons (Fsp3) is 0.909. The van der Waals surface area contributed by atoms with E-state index in [1.807, 2.05) is 11.9 Å². The normalized spacial score (nSPS) is 22.6. The monoisotopic (exact) mass is 231 g/mol. The van der Waals surface area contributed by atoms with Crippen molar-refractivity contribution in [3.63, 3.8) is 0 Å². The van der Waals surface area contributed by atoms with Gasteiger partial charge in [0.1, 0.15) is 0 Å². The van der Waals surface area contributed by atoms with Crippen LogP contribution in [0.5, 0.6) is 0 Å². The van der Waals surface area contributed by atoms with Gasteiger partial charge >= 0.3 is 0 Å². The minimum Gasteiger partial charge on any atom is -0.389 e. The molecule has 16 heavy (non-hydrogen) atoms. The first-order valence-electron chi connectivity index (χ1n) is 5.59. The largest absolute Gasteiger partial charge is 0.389 e. The first kappa shape index (κ1) is 13.6. The highest BCUT2D eigenvalue weighted by atomic mass is 16.5. The van der Waals surface area contributed by atoms with Gasteiger partial charge in [0.15, 0.2) is 5.78 Å². The van der Waals surface area contributed by atoms with E-state index in [1.165, 1.54) is 0 Å². The molecule has 0 saturated carbocycles. The second-order valence-corrected chi connectivity index (χ2v) is 4.33. The summed E-state index contributed by atoms with van der Waals surface area (Å²) in [4.78, 5) is 13.6.